The Morgan fingerprint density at radius 3 is 2.41 bits per heavy atom. The fourth-order valence-electron chi connectivity index (χ4n) is 2.69. The van der Waals surface area contributed by atoms with Crippen LogP contribution in [-0.4, -0.2) is 8.42 Å². The lowest BCUT2D eigenvalue weighted by molar-refractivity contribution is 0.601. The molecule has 0 aromatic heterocycles. The number of hydrogen-bond acceptors (Lipinski definition) is 2. The highest BCUT2D eigenvalue weighted by Crippen LogP contribution is 2.33. The second-order valence-electron chi connectivity index (χ2n) is 5.59. The van der Waals surface area contributed by atoms with Gasteiger partial charge in [0.15, 0.2) is 0 Å². The molecule has 3 nitrogen and oxygen atoms in total. The molecule has 1 N–H and O–H groups in total. The molecular weight excluding hydrogens is 294 g/mol. The SMILES string of the molecule is Cc1ccc(S(=O)(=O)Nc2ccccc2C2=CCCC2)cc1. The van der Waals surface area contributed by atoms with Gasteiger partial charge in [-0.3, -0.25) is 4.72 Å². The summed E-state index contributed by atoms with van der Waals surface area (Å²) in [6.45, 7) is 1.94. The highest BCUT2D eigenvalue weighted by molar-refractivity contribution is 7.92. The van der Waals surface area contributed by atoms with Crippen LogP contribution in [0.4, 0.5) is 5.69 Å². The molecule has 1 aliphatic carbocycles. The van der Waals surface area contributed by atoms with Crippen LogP contribution in [0.1, 0.15) is 30.4 Å². The molecule has 0 fully saturated rings. The second kappa shape index (κ2) is 5.97. The maximum atomic E-state index is 12.5. The molecule has 0 aliphatic heterocycles. The van der Waals surface area contributed by atoms with Gasteiger partial charge in [-0.15, -0.1) is 0 Å². The molecule has 22 heavy (non-hydrogen) atoms. The van der Waals surface area contributed by atoms with Gasteiger partial charge >= 0.3 is 0 Å². The molecule has 0 radical (unpaired) electrons. The first-order valence-corrected chi connectivity index (χ1v) is 8.92. The summed E-state index contributed by atoms with van der Waals surface area (Å²) in [5, 5.41) is 0. The van der Waals surface area contributed by atoms with Crippen LogP contribution in [0.3, 0.4) is 0 Å². The van der Waals surface area contributed by atoms with Crippen LogP contribution in [0, 0.1) is 6.92 Å². The third-order valence-corrected chi connectivity index (χ3v) is 5.27. The summed E-state index contributed by atoms with van der Waals surface area (Å²) in [5.74, 6) is 0. The number of benzene rings is 2. The monoisotopic (exact) mass is 313 g/mol. The molecule has 0 saturated heterocycles. The number of allylic oxidation sites excluding steroid dienone is 2. The summed E-state index contributed by atoms with van der Waals surface area (Å²) in [4.78, 5) is 0.285. The highest BCUT2D eigenvalue weighted by Gasteiger charge is 2.17. The average Bonchev–Trinajstić information content (AvgIpc) is 3.02. The smallest absolute Gasteiger partial charge is 0.261 e. The summed E-state index contributed by atoms with van der Waals surface area (Å²) in [7, 11) is -3.56. The molecule has 3 rings (SSSR count). The van der Waals surface area contributed by atoms with Crippen LogP contribution in [0.2, 0.25) is 0 Å². The van der Waals surface area contributed by atoms with Crippen molar-refractivity contribution in [2.45, 2.75) is 31.1 Å². The number of sulfonamides is 1. The molecule has 2 aromatic rings. The first-order chi connectivity index (χ1) is 10.6. The van der Waals surface area contributed by atoms with E-state index in [1.54, 1.807) is 24.3 Å². The van der Waals surface area contributed by atoms with Crippen LogP contribution in [0.15, 0.2) is 59.5 Å². The van der Waals surface area contributed by atoms with Gasteiger partial charge in [-0.1, -0.05) is 42.0 Å². The van der Waals surface area contributed by atoms with E-state index in [1.165, 1.54) is 5.57 Å². The summed E-state index contributed by atoms with van der Waals surface area (Å²) in [6, 6.07) is 14.5. The molecule has 1 aliphatic rings. The van der Waals surface area contributed by atoms with Crippen LogP contribution in [0.25, 0.3) is 5.57 Å². The van der Waals surface area contributed by atoms with Gasteiger partial charge < -0.3 is 0 Å². The Kier molecular flexibility index (Phi) is 4.03. The average molecular weight is 313 g/mol. The van der Waals surface area contributed by atoms with Gasteiger partial charge in [0.25, 0.3) is 10.0 Å². The number of rotatable bonds is 4. The summed E-state index contributed by atoms with van der Waals surface area (Å²) in [5.41, 5.74) is 3.89. The molecule has 4 heteroatoms. The van der Waals surface area contributed by atoms with Crippen LogP contribution in [0.5, 0.6) is 0 Å². The molecule has 0 bridgehead atoms. The third kappa shape index (κ3) is 3.07. The first kappa shape index (κ1) is 14.9. The van der Waals surface area contributed by atoms with E-state index in [9.17, 15) is 8.42 Å². The summed E-state index contributed by atoms with van der Waals surface area (Å²) < 4.78 is 27.8. The largest absolute Gasteiger partial charge is 0.279 e. The Hall–Kier alpha value is -2.07. The molecule has 0 unspecified atom stereocenters. The van der Waals surface area contributed by atoms with E-state index in [-0.39, 0.29) is 4.90 Å². The van der Waals surface area contributed by atoms with E-state index in [2.05, 4.69) is 10.8 Å². The third-order valence-electron chi connectivity index (χ3n) is 3.89. The molecule has 2 aromatic carbocycles. The Balaban J connectivity index is 1.94. The number of aryl methyl sites for hydroxylation is 1. The molecule has 0 saturated carbocycles. The zero-order valence-corrected chi connectivity index (χ0v) is 13.4. The van der Waals surface area contributed by atoms with Crippen LogP contribution in [-0.2, 0) is 10.0 Å². The summed E-state index contributed by atoms with van der Waals surface area (Å²) in [6.07, 6.45) is 5.39. The van der Waals surface area contributed by atoms with E-state index in [4.69, 9.17) is 0 Å². The standard InChI is InChI=1S/C18H19NO2S/c1-14-10-12-16(13-11-14)22(20,21)19-18-9-5-4-8-17(18)15-6-2-3-7-15/h4-6,8-13,19H,2-3,7H2,1H3. The second-order valence-corrected chi connectivity index (χ2v) is 7.27. The van der Waals surface area contributed by atoms with Crippen molar-refractivity contribution in [2.24, 2.45) is 0 Å². The Bertz CT molecular complexity index is 805. The zero-order chi connectivity index (χ0) is 15.6. The Morgan fingerprint density at radius 1 is 1.00 bits per heavy atom. The topological polar surface area (TPSA) is 46.2 Å². The number of anilines is 1. The van der Waals surface area contributed by atoms with E-state index >= 15 is 0 Å². The lowest BCUT2D eigenvalue weighted by Crippen LogP contribution is -2.14. The lowest BCUT2D eigenvalue weighted by atomic mass is 10.0. The molecular formula is C18H19NO2S. The fourth-order valence-corrected chi connectivity index (χ4v) is 3.77. The van der Waals surface area contributed by atoms with Gasteiger partial charge in [-0.2, -0.15) is 0 Å². The fraction of sp³-hybridized carbons (Fsp3) is 0.222. The minimum Gasteiger partial charge on any atom is -0.279 e. The van der Waals surface area contributed by atoms with E-state index in [1.807, 2.05) is 31.2 Å². The normalized spacial score (nSPS) is 14.7. The minimum atomic E-state index is -3.56. The van der Waals surface area contributed by atoms with Gasteiger partial charge in [-0.25, -0.2) is 8.42 Å². The lowest BCUT2D eigenvalue weighted by Gasteiger charge is -2.13. The van der Waals surface area contributed by atoms with Gasteiger partial charge in [0.05, 0.1) is 10.6 Å². The summed E-state index contributed by atoms with van der Waals surface area (Å²) >= 11 is 0. The molecule has 0 amide bonds. The van der Waals surface area contributed by atoms with Crippen molar-refractivity contribution in [1.82, 2.24) is 0 Å². The first-order valence-electron chi connectivity index (χ1n) is 7.44. The van der Waals surface area contributed by atoms with Crippen molar-refractivity contribution in [3.8, 4) is 0 Å². The molecule has 114 valence electrons. The van der Waals surface area contributed by atoms with E-state index in [0.29, 0.717) is 5.69 Å². The Labute approximate surface area is 131 Å². The van der Waals surface area contributed by atoms with Gasteiger partial charge in [0, 0.05) is 5.56 Å². The molecule has 0 heterocycles. The van der Waals surface area contributed by atoms with Gasteiger partial charge in [0.1, 0.15) is 0 Å². The Morgan fingerprint density at radius 2 is 1.73 bits per heavy atom. The van der Waals surface area contributed by atoms with Crippen molar-refractivity contribution < 1.29 is 8.42 Å². The highest BCUT2D eigenvalue weighted by atomic mass is 32.2. The van der Waals surface area contributed by atoms with Crippen molar-refractivity contribution in [1.29, 1.82) is 0 Å². The quantitative estimate of drug-likeness (QED) is 0.911. The van der Waals surface area contributed by atoms with Crippen LogP contribution < -0.4 is 4.72 Å². The van der Waals surface area contributed by atoms with E-state index in [0.717, 1.165) is 30.4 Å². The number of hydrogen-bond donors (Lipinski definition) is 1. The molecule has 0 atom stereocenters. The number of nitrogens with one attached hydrogen (secondary N) is 1. The number of para-hydroxylation sites is 1. The van der Waals surface area contributed by atoms with Crippen molar-refractivity contribution >= 4 is 21.3 Å². The molecule has 0 spiro atoms. The van der Waals surface area contributed by atoms with Gasteiger partial charge in [-0.05, 0) is 50.0 Å². The van der Waals surface area contributed by atoms with Crippen molar-refractivity contribution in [2.75, 3.05) is 4.72 Å². The van der Waals surface area contributed by atoms with Crippen molar-refractivity contribution in [3.63, 3.8) is 0 Å². The predicted molar refractivity (Wildman–Crippen MR) is 90.3 cm³/mol. The maximum absolute atomic E-state index is 12.5. The van der Waals surface area contributed by atoms with Gasteiger partial charge in [0.2, 0.25) is 0 Å². The van der Waals surface area contributed by atoms with Crippen LogP contribution >= 0.6 is 0 Å². The maximum Gasteiger partial charge on any atom is 0.261 e. The predicted octanol–water partition coefficient (Wildman–Crippen LogP) is 4.36. The zero-order valence-electron chi connectivity index (χ0n) is 12.5. The minimum absolute atomic E-state index is 0.285. The van der Waals surface area contributed by atoms with Crippen molar-refractivity contribution in [3.05, 3.63) is 65.7 Å². The van der Waals surface area contributed by atoms with E-state index < -0.39 is 10.0 Å².